The highest BCUT2D eigenvalue weighted by molar-refractivity contribution is 5.42. The van der Waals surface area contributed by atoms with Crippen LogP contribution >= 0.6 is 0 Å². The van der Waals surface area contributed by atoms with Crippen molar-refractivity contribution in [2.24, 2.45) is 0 Å². The van der Waals surface area contributed by atoms with Crippen LogP contribution in [0.15, 0.2) is 6.07 Å². The van der Waals surface area contributed by atoms with Crippen molar-refractivity contribution in [3.63, 3.8) is 0 Å². The SMILES string of the molecule is CC(C)(C)c1cc(N)nc(N2CCCCC2)n1. The molecule has 4 heteroatoms. The number of hydrogen-bond acceptors (Lipinski definition) is 4. The number of hydrogen-bond donors (Lipinski definition) is 1. The van der Waals surface area contributed by atoms with Crippen molar-refractivity contribution in [3.05, 3.63) is 11.8 Å². The first kappa shape index (κ1) is 12.1. The number of anilines is 2. The van der Waals surface area contributed by atoms with Crippen LogP contribution in [-0.2, 0) is 5.41 Å². The Morgan fingerprint density at radius 3 is 2.35 bits per heavy atom. The van der Waals surface area contributed by atoms with Crippen molar-refractivity contribution >= 4 is 11.8 Å². The maximum absolute atomic E-state index is 5.88. The molecule has 1 aromatic heterocycles. The van der Waals surface area contributed by atoms with E-state index < -0.39 is 0 Å². The second kappa shape index (κ2) is 4.51. The topological polar surface area (TPSA) is 55.0 Å². The summed E-state index contributed by atoms with van der Waals surface area (Å²) >= 11 is 0. The molecule has 0 atom stereocenters. The van der Waals surface area contributed by atoms with E-state index in [1.807, 2.05) is 6.07 Å². The summed E-state index contributed by atoms with van der Waals surface area (Å²) in [6, 6.07) is 1.88. The van der Waals surface area contributed by atoms with Gasteiger partial charge in [-0.2, -0.15) is 4.98 Å². The Bertz CT molecular complexity index is 389. The maximum atomic E-state index is 5.88. The highest BCUT2D eigenvalue weighted by Crippen LogP contribution is 2.24. The summed E-state index contributed by atoms with van der Waals surface area (Å²) in [7, 11) is 0. The van der Waals surface area contributed by atoms with Gasteiger partial charge in [0.2, 0.25) is 5.95 Å². The fourth-order valence-corrected chi connectivity index (χ4v) is 2.07. The summed E-state index contributed by atoms with van der Waals surface area (Å²) in [6.45, 7) is 8.54. The van der Waals surface area contributed by atoms with Crippen molar-refractivity contribution < 1.29 is 0 Å². The van der Waals surface area contributed by atoms with E-state index >= 15 is 0 Å². The van der Waals surface area contributed by atoms with Gasteiger partial charge < -0.3 is 10.6 Å². The molecule has 17 heavy (non-hydrogen) atoms. The average Bonchev–Trinajstić information content (AvgIpc) is 2.28. The average molecular weight is 234 g/mol. The van der Waals surface area contributed by atoms with Gasteiger partial charge in [0.25, 0.3) is 0 Å². The summed E-state index contributed by atoms with van der Waals surface area (Å²) < 4.78 is 0. The lowest BCUT2D eigenvalue weighted by molar-refractivity contribution is 0.548. The zero-order valence-corrected chi connectivity index (χ0v) is 11.0. The Kier molecular flexibility index (Phi) is 3.22. The lowest BCUT2D eigenvalue weighted by atomic mass is 9.92. The van der Waals surface area contributed by atoms with E-state index in [2.05, 4.69) is 35.6 Å². The first-order valence-corrected chi connectivity index (χ1v) is 6.37. The highest BCUT2D eigenvalue weighted by atomic mass is 15.3. The molecule has 1 saturated heterocycles. The number of nitrogens with zero attached hydrogens (tertiary/aromatic N) is 3. The van der Waals surface area contributed by atoms with Gasteiger partial charge >= 0.3 is 0 Å². The lowest BCUT2D eigenvalue weighted by Gasteiger charge is -2.28. The molecule has 4 nitrogen and oxygen atoms in total. The summed E-state index contributed by atoms with van der Waals surface area (Å²) in [6.07, 6.45) is 3.76. The highest BCUT2D eigenvalue weighted by Gasteiger charge is 2.20. The van der Waals surface area contributed by atoms with Gasteiger partial charge in [-0.3, -0.25) is 0 Å². The maximum Gasteiger partial charge on any atom is 0.227 e. The van der Waals surface area contributed by atoms with E-state index in [9.17, 15) is 0 Å². The van der Waals surface area contributed by atoms with E-state index in [0.717, 1.165) is 24.7 Å². The van der Waals surface area contributed by atoms with E-state index in [-0.39, 0.29) is 5.41 Å². The van der Waals surface area contributed by atoms with E-state index in [1.54, 1.807) is 0 Å². The first-order valence-electron chi connectivity index (χ1n) is 6.37. The van der Waals surface area contributed by atoms with Crippen LogP contribution in [0.4, 0.5) is 11.8 Å². The van der Waals surface area contributed by atoms with Gasteiger partial charge in [0.15, 0.2) is 0 Å². The van der Waals surface area contributed by atoms with Crippen LogP contribution in [0.5, 0.6) is 0 Å². The summed E-state index contributed by atoms with van der Waals surface area (Å²) in [5, 5.41) is 0. The van der Waals surface area contributed by atoms with Crippen LogP contribution in [0.25, 0.3) is 0 Å². The third-order valence-corrected chi connectivity index (χ3v) is 3.14. The molecule has 0 spiro atoms. The van der Waals surface area contributed by atoms with Gasteiger partial charge in [-0.25, -0.2) is 4.98 Å². The molecule has 1 fully saturated rings. The molecule has 0 bridgehead atoms. The molecule has 2 N–H and O–H groups in total. The number of nitrogen functional groups attached to an aromatic ring is 1. The molecule has 1 aliphatic heterocycles. The van der Waals surface area contributed by atoms with Crippen molar-refractivity contribution in [2.45, 2.75) is 45.4 Å². The van der Waals surface area contributed by atoms with Crippen LogP contribution < -0.4 is 10.6 Å². The zero-order valence-electron chi connectivity index (χ0n) is 11.0. The van der Waals surface area contributed by atoms with E-state index in [4.69, 9.17) is 5.73 Å². The van der Waals surface area contributed by atoms with Crippen LogP contribution in [-0.4, -0.2) is 23.1 Å². The van der Waals surface area contributed by atoms with Gasteiger partial charge in [0.1, 0.15) is 5.82 Å². The normalized spacial score (nSPS) is 17.2. The van der Waals surface area contributed by atoms with Crippen molar-refractivity contribution in [1.82, 2.24) is 9.97 Å². The second-order valence-electron chi connectivity index (χ2n) is 5.78. The lowest BCUT2D eigenvalue weighted by Crippen LogP contribution is -2.32. The van der Waals surface area contributed by atoms with E-state index in [1.165, 1.54) is 19.3 Å². The molecule has 0 amide bonds. The summed E-state index contributed by atoms with van der Waals surface area (Å²) in [5.41, 5.74) is 6.92. The molecule has 1 aromatic rings. The summed E-state index contributed by atoms with van der Waals surface area (Å²) in [5.74, 6) is 1.38. The van der Waals surface area contributed by atoms with Gasteiger partial charge in [-0.15, -0.1) is 0 Å². The second-order valence-corrected chi connectivity index (χ2v) is 5.78. The Balaban J connectivity index is 2.31. The molecule has 0 aliphatic carbocycles. The third-order valence-electron chi connectivity index (χ3n) is 3.14. The number of aromatic nitrogens is 2. The van der Waals surface area contributed by atoms with Gasteiger partial charge in [-0.05, 0) is 19.3 Å². The molecule has 1 aliphatic rings. The molecule has 94 valence electrons. The largest absolute Gasteiger partial charge is 0.384 e. The minimum absolute atomic E-state index is 0.0155. The number of nitrogens with two attached hydrogens (primary N) is 1. The smallest absolute Gasteiger partial charge is 0.227 e. The van der Waals surface area contributed by atoms with Crippen LogP contribution in [0.3, 0.4) is 0 Å². The zero-order chi connectivity index (χ0) is 12.5. The first-order chi connectivity index (χ1) is 7.97. The van der Waals surface area contributed by atoms with Crippen molar-refractivity contribution in [3.8, 4) is 0 Å². The molecular formula is C13H22N4. The standard InChI is InChI=1S/C13H22N4/c1-13(2,3)10-9-11(14)16-12(15-10)17-7-5-4-6-8-17/h9H,4-8H2,1-3H3,(H2,14,15,16). The molecule has 0 aromatic carbocycles. The minimum Gasteiger partial charge on any atom is -0.384 e. The van der Waals surface area contributed by atoms with Crippen LogP contribution in [0.2, 0.25) is 0 Å². The van der Waals surface area contributed by atoms with Crippen LogP contribution in [0.1, 0.15) is 45.7 Å². The Morgan fingerprint density at radius 1 is 1.12 bits per heavy atom. The van der Waals surface area contributed by atoms with Gasteiger partial charge in [-0.1, -0.05) is 20.8 Å². The predicted molar refractivity (Wildman–Crippen MR) is 71.2 cm³/mol. The third kappa shape index (κ3) is 2.87. The van der Waals surface area contributed by atoms with Crippen molar-refractivity contribution in [1.29, 1.82) is 0 Å². The van der Waals surface area contributed by atoms with Gasteiger partial charge in [0, 0.05) is 24.6 Å². The monoisotopic (exact) mass is 234 g/mol. The fourth-order valence-electron chi connectivity index (χ4n) is 2.07. The molecule has 0 unspecified atom stereocenters. The molecule has 2 rings (SSSR count). The van der Waals surface area contributed by atoms with Crippen molar-refractivity contribution in [2.75, 3.05) is 23.7 Å². The molecular weight excluding hydrogens is 212 g/mol. The summed E-state index contributed by atoms with van der Waals surface area (Å²) in [4.78, 5) is 11.3. The Hall–Kier alpha value is -1.32. The minimum atomic E-state index is 0.0155. The van der Waals surface area contributed by atoms with Gasteiger partial charge in [0.05, 0.1) is 5.69 Å². The quantitative estimate of drug-likeness (QED) is 0.810. The predicted octanol–water partition coefficient (Wildman–Crippen LogP) is 2.35. The number of rotatable bonds is 1. The van der Waals surface area contributed by atoms with Crippen LogP contribution in [0, 0.1) is 0 Å². The van der Waals surface area contributed by atoms with E-state index in [0.29, 0.717) is 5.82 Å². The fraction of sp³-hybridized carbons (Fsp3) is 0.692. The number of piperidine rings is 1. The Morgan fingerprint density at radius 2 is 1.76 bits per heavy atom. The molecule has 2 heterocycles. The molecule has 0 radical (unpaired) electrons. The molecule has 0 saturated carbocycles. The Labute approximate surface area is 103 Å².